The van der Waals surface area contributed by atoms with Crippen molar-refractivity contribution in [3.63, 3.8) is 0 Å². The number of carbonyl (C=O) groups is 2. The van der Waals surface area contributed by atoms with Crippen molar-refractivity contribution in [2.75, 3.05) is 7.11 Å². The lowest BCUT2D eigenvalue weighted by Gasteiger charge is -2.56. The number of carbonyl (C=O) groups excluding carboxylic acids is 2. The molecule has 1 saturated heterocycles. The maximum atomic E-state index is 12.9. The molecule has 0 N–H and O–H groups in total. The third-order valence-electron chi connectivity index (χ3n) is 4.34. The quantitative estimate of drug-likeness (QED) is 0.344. The van der Waals surface area contributed by atoms with Gasteiger partial charge in [-0.05, 0) is 39.7 Å². The summed E-state index contributed by atoms with van der Waals surface area (Å²) in [7, 11) is 1.30. The van der Waals surface area contributed by atoms with E-state index < -0.39 is 17.1 Å². The Morgan fingerprint density at radius 2 is 2.18 bits per heavy atom. The number of hydrogen-bond acceptors (Lipinski definition) is 5. The first-order chi connectivity index (χ1) is 10.2. The van der Waals surface area contributed by atoms with Gasteiger partial charge >= 0.3 is 5.97 Å². The zero-order valence-electron chi connectivity index (χ0n) is 13.7. The number of likely N-dealkylation sites (tertiary alicyclic amines) is 1. The molecular weight excluding hydrogens is 284 g/mol. The molecule has 0 aromatic heterocycles. The Morgan fingerprint density at radius 3 is 2.59 bits per heavy atom. The van der Waals surface area contributed by atoms with E-state index in [0.29, 0.717) is 12.0 Å². The molecule has 0 saturated carbocycles. The topological polar surface area (TPSA) is 68.2 Å². The van der Waals surface area contributed by atoms with Crippen LogP contribution in [0.5, 0.6) is 0 Å². The lowest BCUT2D eigenvalue weighted by molar-refractivity contribution is -0.171. The Morgan fingerprint density at radius 1 is 1.55 bits per heavy atom. The van der Waals surface area contributed by atoms with Gasteiger partial charge in [0.15, 0.2) is 6.40 Å². The second-order valence-corrected chi connectivity index (χ2v) is 6.18. The Labute approximate surface area is 130 Å². The highest BCUT2D eigenvalue weighted by Gasteiger charge is 2.72. The fourth-order valence-corrected chi connectivity index (χ4v) is 3.21. The first kappa shape index (κ1) is 16.3. The van der Waals surface area contributed by atoms with Crippen molar-refractivity contribution in [1.82, 2.24) is 4.90 Å². The number of rotatable bonds is 4. The van der Waals surface area contributed by atoms with Crippen LogP contribution in [-0.2, 0) is 19.1 Å². The number of esters is 1. The van der Waals surface area contributed by atoms with Crippen LogP contribution in [0.4, 0.5) is 0 Å². The molecule has 22 heavy (non-hydrogen) atoms. The predicted octanol–water partition coefficient (Wildman–Crippen LogP) is 1.82. The maximum absolute atomic E-state index is 12.9. The van der Waals surface area contributed by atoms with E-state index in [1.807, 2.05) is 13.8 Å². The zero-order valence-corrected chi connectivity index (χ0v) is 13.7. The molecule has 0 radical (unpaired) electrons. The second kappa shape index (κ2) is 5.26. The lowest BCUT2D eigenvalue weighted by Crippen LogP contribution is -2.78. The maximum Gasteiger partial charge on any atom is 0.354 e. The van der Waals surface area contributed by atoms with E-state index in [4.69, 9.17) is 9.47 Å². The minimum atomic E-state index is -1.02. The van der Waals surface area contributed by atoms with Gasteiger partial charge < -0.3 is 9.47 Å². The van der Waals surface area contributed by atoms with Crippen molar-refractivity contribution in [2.24, 2.45) is 4.99 Å². The van der Waals surface area contributed by atoms with Crippen molar-refractivity contribution in [2.45, 2.75) is 51.3 Å². The Kier molecular flexibility index (Phi) is 3.89. The number of hydrogen-bond donors (Lipinski definition) is 0. The number of amides is 1. The van der Waals surface area contributed by atoms with Crippen molar-refractivity contribution in [3.05, 3.63) is 23.9 Å². The van der Waals surface area contributed by atoms with Crippen LogP contribution in [-0.4, -0.2) is 47.5 Å². The van der Waals surface area contributed by atoms with E-state index in [9.17, 15) is 9.59 Å². The summed E-state index contributed by atoms with van der Waals surface area (Å²) in [5.41, 5.74) is -0.805. The minimum Gasteiger partial charge on any atom is -0.475 e. The first-order valence-corrected chi connectivity index (χ1v) is 7.16. The van der Waals surface area contributed by atoms with Gasteiger partial charge in [0.25, 0.3) is 5.91 Å². The van der Waals surface area contributed by atoms with Gasteiger partial charge in [0.1, 0.15) is 11.3 Å². The predicted molar refractivity (Wildman–Crippen MR) is 82.2 cm³/mol. The fourth-order valence-electron chi connectivity index (χ4n) is 3.21. The van der Waals surface area contributed by atoms with Crippen LogP contribution >= 0.6 is 0 Å². The minimum absolute atomic E-state index is 0.250. The summed E-state index contributed by atoms with van der Waals surface area (Å²) in [5, 5.41) is 0. The molecular formula is C16H22N2O4. The molecule has 1 fully saturated rings. The van der Waals surface area contributed by atoms with E-state index in [1.165, 1.54) is 18.4 Å². The summed E-state index contributed by atoms with van der Waals surface area (Å²) in [6.07, 6.45) is 3.55. The van der Waals surface area contributed by atoms with E-state index in [0.717, 1.165) is 0 Å². The van der Waals surface area contributed by atoms with Crippen LogP contribution in [0, 0.1) is 0 Å². The molecule has 2 rings (SSSR count). The van der Waals surface area contributed by atoms with Gasteiger partial charge in [0, 0.05) is 0 Å². The molecule has 0 bridgehead atoms. The number of allylic oxidation sites excluding steroid dienone is 1. The van der Waals surface area contributed by atoms with E-state index in [-0.39, 0.29) is 17.6 Å². The van der Waals surface area contributed by atoms with Gasteiger partial charge in [-0.2, -0.15) is 0 Å². The Bertz CT molecular complexity index is 587. The fraction of sp³-hybridized carbons (Fsp3) is 0.562. The molecule has 0 aliphatic carbocycles. The normalized spacial score (nSPS) is 28.1. The molecule has 6 heteroatoms. The first-order valence-electron chi connectivity index (χ1n) is 7.16. The summed E-state index contributed by atoms with van der Waals surface area (Å²) >= 11 is 0. The van der Waals surface area contributed by atoms with Crippen LogP contribution in [0.3, 0.4) is 0 Å². The average Bonchev–Trinajstić information content (AvgIpc) is 2.79. The summed E-state index contributed by atoms with van der Waals surface area (Å²) in [6, 6.07) is -0.324. The number of aliphatic imine (C=N–C) groups is 1. The molecule has 6 nitrogen and oxygen atoms in total. The lowest BCUT2D eigenvalue weighted by atomic mass is 9.67. The van der Waals surface area contributed by atoms with Crippen LogP contribution in [0.25, 0.3) is 0 Å². The average molecular weight is 306 g/mol. The van der Waals surface area contributed by atoms with Gasteiger partial charge in [0.05, 0.1) is 13.2 Å². The van der Waals surface area contributed by atoms with Gasteiger partial charge in [-0.3, -0.25) is 9.69 Å². The molecule has 120 valence electrons. The van der Waals surface area contributed by atoms with Crippen LogP contribution in [0.15, 0.2) is 28.9 Å². The van der Waals surface area contributed by atoms with Gasteiger partial charge in [-0.1, -0.05) is 6.08 Å². The van der Waals surface area contributed by atoms with Crippen LogP contribution in [0.1, 0.15) is 34.1 Å². The number of methoxy groups -OCH3 is 1. The smallest absolute Gasteiger partial charge is 0.354 e. The van der Waals surface area contributed by atoms with E-state index >= 15 is 0 Å². The Hall–Kier alpha value is -2.11. The van der Waals surface area contributed by atoms with E-state index in [2.05, 4.69) is 11.6 Å². The van der Waals surface area contributed by atoms with Crippen LogP contribution < -0.4 is 0 Å². The Balaban J connectivity index is 2.50. The molecule has 0 aromatic carbocycles. The summed E-state index contributed by atoms with van der Waals surface area (Å²) in [5.74, 6) is -0.780. The van der Waals surface area contributed by atoms with Gasteiger partial charge in [-0.25, -0.2) is 9.79 Å². The van der Waals surface area contributed by atoms with Gasteiger partial charge in [-0.15, -0.1) is 6.58 Å². The van der Waals surface area contributed by atoms with E-state index in [1.54, 1.807) is 19.9 Å². The molecule has 2 aliphatic heterocycles. The highest BCUT2D eigenvalue weighted by molar-refractivity contribution is 6.05. The summed E-state index contributed by atoms with van der Waals surface area (Å²) < 4.78 is 10.3. The standard InChI is InChI=1S/C16H22N2O4/c1-7-8-11-16(15(4,5)22-9-17-16)14(20)18(11)12(10(2)3)13(19)21-6/h7,9,11H,1,8H2,2-6H3/t11-,16+/m1/s1. The number of ether oxygens (including phenoxy) is 2. The summed E-state index contributed by atoms with van der Waals surface area (Å²) in [4.78, 5) is 30.8. The third kappa shape index (κ3) is 1.90. The van der Waals surface area contributed by atoms with Gasteiger partial charge in [0.2, 0.25) is 5.54 Å². The number of β-lactam (4-membered cyclic amide) rings is 1. The monoisotopic (exact) mass is 306 g/mol. The third-order valence-corrected chi connectivity index (χ3v) is 4.34. The number of nitrogens with zero attached hydrogens (tertiary/aromatic N) is 2. The SMILES string of the molecule is C=CC[C@H]1N(C(C(=O)OC)=C(C)C)C(=O)[C@@]12N=COC2(C)C. The molecule has 0 aromatic rings. The highest BCUT2D eigenvalue weighted by Crippen LogP contribution is 2.50. The molecule has 2 heterocycles. The largest absolute Gasteiger partial charge is 0.475 e. The van der Waals surface area contributed by atoms with Crippen molar-refractivity contribution >= 4 is 18.3 Å². The van der Waals surface area contributed by atoms with Crippen molar-refractivity contribution in [1.29, 1.82) is 0 Å². The zero-order chi connectivity index (χ0) is 16.7. The highest BCUT2D eigenvalue weighted by atomic mass is 16.5. The molecule has 0 unspecified atom stereocenters. The van der Waals surface area contributed by atoms with Crippen LogP contribution in [0.2, 0.25) is 0 Å². The van der Waals surface area contributed by atoms with Crippen molar-refractivity contribution < 1.29 is 19.1 Å². The molecule has 1 amide bonds. The molecule has 1 spiro atoms. The molecule has 2 aliphatic rings. The molecule has 2 atom stereocenters. The summed E-state index contributed by atoms with van der Waals surface area (Å²) in [6.45, 7) is 10.9. The van der Waals surface area contributed by atoms with Crippen molar-refractivity contribution in [3.8, 4) is 0 Å². The second-order valence-electron chi connectivity index (χ2n) is 6.18.